The van der Waals surface area contributed by atoms with E-state index in [4.69, 9.17) is 5.11 Å². The first kappa shape index (κ1) is 17.6. The molecule has 0 atom stereocenters. The Kier molecular flexibility index (Phi) is 6.69. The van der Waals surface area contributed by atoms with Gasteiger partial charge in [-0.25, -0.2) is 0 Å². The minimum Gasteiger partial charge on any atom is -0.433 e. The van der Waals surface area contributed by atoms with Crippen LogP contribution in [0.25, 0.3) is 0 Å². The number of halogens is 2. The number of amides is 1. The molecule has 0 aromatic heterocycles. The summed E-state index contributed by atoms with van der Waals surface area (Å²) in [7, 11) is 0. The zero-order valence-electron chi connectivity index (χ0n) is 12.8. The average molecular weight is 329 g/mol. The number of anilines is 1. The van der Waals surface area contributed by atoms with Gasteiger partial charge in [0.2, 0.25) is 5.91 Å². The molecule has 0 spiro atoms. The van der Waals surface area contributed by atoms with E-state index in [1.165, 1.54) is 12.1 Å². The van der Waals surface area contributed by atoms with Crippen molar-refractivity contribution < 1.29 is 23.4 Å². The number of aliphatic hydroxyl groups excluding tert-OH is 1. The lowest BCUT2D eigenvalue weighted by Crippen LogP contribution is -2.49. The van der Waals surface area contributed by atoms with Crippen molar-refractivity contribution in [3.8, 4) is 5.75 Å². The zero-order chi connectivity index (χ0) is 16.7. The molecule has 2 N–H and O–H groups in total. The van der Waals surface area contributed by atoms with Gasteiger partial charge in [-0.1, -0.05) is 12.1 Å². The molecule has 0 unspecified atom stereocenters. The predicted molar refractivity (Wildman–Crippen MR) is 81.7 cm³/mol. The van der Waals surface area contributed by atoms with Crippen LogP contribution < -0.4 is 10.1 Å². The Hall–Kier alpha value is -1.77. The second-order valence-corrected chi connectivity index (χ2v) is 5.26. The van der Waals surface area contributed by atoms with Crippen molar-refractivity contribution >= 4 is 11.6 Å². The number of carbonyl (C=O) groups is 1. The summed E-state index contributed by atoms with van der Waals surface area (Å²) in [6.07, 6.45) is 0. The molecule has 6 nitrogen and oxygen atoms in total. The van der Waals surface area contributed by atoms with E-state index in [9.17, 15) is 13.6 Å². The van der Waals surface area contributed by atoms with Gasteiger partial charge in [0.25, 0.3) is 0 Å². The third kappa shape index (κ3) is 5.74. The molecule has 1 aromatic carbocycles. The summed E-state index contributed by atoms with van der Waals surface area (Å²) in [6, 6.07) is 6.11. The van der Waals surface area contributed by atoms with Gasteiger partial charge in [-0.2, -0.15) is 8.78 Å². The molecule has 1 saturated heterocycles. The summed E-state index contributed by atoms with van der Waals surface area (Å²) in [5.74, 6) is -0.325. The minimum absolute atomic E-state index is 0.0522. The minimum atomic E-state index is -2.94. The van der Waals surface area contributed by atoms with E-state index in [0.717, 1.165) is 26.2 Å². The van der Waals surface area contributed by atoms with Crippen LogP contribution in [0.5, 0.6) is 5.75 Å². The van der Waals surface area contributed by atoms with Crippen molar-refractivity contribution in [1.29, 1.82) is 0 Å². The molecule has 128 valence electrons. The second-order valence-electron chi connectivity index (χ2n) is 5.26. The average Bonchev–Trinajstić information content (AvgIpc) is 2.51. The van der Waals surface area contributed by atoms with Crippen molar-refractivity contribution in [3.05, 3.63) is 24.3 Å². The largest absolute Gasteiger partial charge is 0.433 e. The number of aliphatic hydroxyl groups is 1. The molecular formula is C15H21F2N3O3. The lowest BCUT2D eigenvalue weighted by Gasteiger charge is -2.33. The lowest BCUT2D eigenvalue weighted by atomic mass is 10.2. The number of carbonyl (C=O) groups excluding carboxylic acids is 1. The maximum atomic E-state index is 12.3. The number of ether oxygens (including phenoxy) is 1. The fraction of sp³-hybridized carbons (Fsp3) is 0.533. The number of piperazine rings is 1. The first-order valence-electron chi connectivity index (χ1n) is 7.47. The van der Waals surface area contributed by atoms with Gasteiger partial charge in [0, 0.05) is 32.7 Å². The van der Waals surface area contributed by atoms with E-state index in [1.807, 2.05) is 4.90 Å². The van der Waals surface area contributed by atoms with Crippen molar-refractivity contribution in [2.45, 2.75) is 6.61 Å². The Morgan fingerprint density at radius 3 is 2.52 bits per heavy atom. The number of rotatable bonds is 7. The van der Waals surface area contributed by atoms with Crippen LogP contribution in [0.1, 0.15) is 0 Å². The van der Waals surface area contributed by atoms with Gasteiger partial charge in [-0.05, 0) is 12.1 Å². The summed E-state index contributed by atoms with van der Waals surface area (Å²) in [5.41, 5.74) is 0.233. The molecule has 23 heavy (non-hydrogen) atoms. The van der Waals surface area contributed by atoms with Gasteiger partial charge in [-0.3, -0.25) is 14.6 Å². The highest BCUT2D eigenvalue weighted by atomic mass is 19.3. The first-order valence-corrected chi connectivity index (χ1v) is 7.47. The van der Waals surface area contributed by atoms with Gasteiger partial charge < -0.3 is 15.2 Å². The number of β-amino-alcohol motifs (C(OH)–C–C–N with tert-alkyl or cyclic N) is 1. The Bertz CT molecular complexity index is 508. The molecule has 0 radical (unpaired) electrons. The summed E-state index contributed by atoms with van der Waals surface area (Å²) < 4.78 is 29.1. The van der Waals surface area contributed by atoms with E-state index in [2.05, 4.69) is 15.0 Å². The number of hydrogen-bond donors (Lipinski definition) is 2. The Labute approximate surface area is 133 Å². The molecule has 1 aliphatic heterocycles. The molecule has 0 saturated carbocycles. The van der Waals surface area contributed by atoms with Crippen LogP contribution in [0.15, 0.2) is 24.3 Å². The van der Waals surface area contributed by atoms with Crippen LogP contribution in [0, 0.1) is 0 Å². The number of nitrogens with zero attached hydrogens (tertiary/aromatic N) is 2. The van der Waals surface area contributed by atoms with E-state index in [1.54, 1.807) is 12.1 Å². The second kappa shape index (κ2) is 8.76. The number of hydrogen-bond acceptors (Lipinski definition) is 5. The standard InChI is InChI=1S/C15H21F2N3O3/c16-15(17)23-13-4-2-1-3-12(13)18-14(22)11-20-7-5-19(6-8-20)9-10-21/h1-4,15,21H,5-11H2,(H,18,22). The predicted octanol–water partition coefficient (Wildman–Crippen LogP) is 0.836. The molecule has 2 rings (SSSR count). The van der Waals surface area contributed by atoms with Crippen LogP contribution >= 0.6 is 0 Å². The van der Waals surface area contributed by atoms with Gasteiger partial charge >= 0.3 is 6.61 Å². The number of para-hydroxylation sites is 2. The third-order valence-corrected chi connectivity index (χ3v) is 3.63. The SMILES string of the molecule is O=C(CN1CCN(CCO)CC1)Nc1ccccc1OC(F)F. The molecule has 1 amide bonds. The van der Waals surface area contributed by atoms with Crippen molar-refractivity contribution in [3.63, 3.8) is 0 Å². The summed E-state index contributed by atoms with van der Waals surface area (Å²) >= 11 is 0. The van der Waals surface area contributed by atoms with Crippen molar-refractivity contribution in [1.82, 2.24) is 9.80 Å². The highest BCUT2D eigenvalue weighted by molar-refractivity contribution is 5.93. The van der Waals surface area contributed by atoms with Crippen LogP contribution in [-0.4, -0.2) is 73.3 Å². The number of alkyl halides is 2. The van der Waals surface area contributed by atoms with E-state index in [-0.39, 0.29) is 30.5 Å². The highest BCUT2D eigenvalue weighted by Crippen LogP contribution is 2.25. The van der Waals surface area contributed by atoms with Crippen LogP contribution in [0.2, 0.25) is 0 Å². The third-order valence-electron chi connectivity index (χ3n) is 3.63. The van der Waals surface area contributed by atoms with Crippen LogP contribution in [-0.2, 0) is 4.79 Å². The van der Waals surface area contributed by atoms with Crippen LogP contribution in [0.3, 0.4) is 0 Å². The summed E-state index contributed by atoms with van der Waals surface area (Å²) in [6.45, 7) is 1.05. The normalized spacial score (nSPS) is 16.5. The molecule has 1 aliphatic rings. The molecule has 0 aliphatic carbocycles. The van der Waals surface area contributed by atoms with E-state index in [0.29, 0.717) is 6.54 Å². The van der Waals surface area contributed by atoms with Gasteiger partial charge in [-0.15, -0.1) is 0 Å². The quantitative estimate of drug-likeness (QED) is 0.776. The van der Waals surface area contributed by atoms with Gasteiger partial charge in [0.05, 0.1) is 18.8 Å². The molecule has 0 bridgehead atoms. The van der Waals surface area contributed by atoms with E-state index < -0.39 is 6.61 Å². The van der Waals surface area contributed by atoms with Crippen LogP contribution in [0.4, 0.5) is 14.5 Å². The Morgan fingerprint density at radius 2 is 1.87 bits per heavy atom. The van der Waals surface area contributed by atoms with Crippen molar-refractivity contribution in [2.75, 3.05) is 51.2 Å². The number of benzene rings is 1. The summed E-state index contributed by atoms with van der Waals surface area (Å²) in [4.78, 5) is 16.2. The number of nitrogens with one attached hydrogen (secondary N) is 1. The fourth-order valence-corrected chi connectivity index (χ4v) is 2.47. The fourth-order valence-electron chi connectivity index (χ4n) is 2.47. The van der Waals surface area contributed by atoms with Crippen molar-refractivity contribution in [2.24, 2.45) is 0 Å². The lowest BCUT2D eigenvalue weighted by molar-refractivity contribution is -0.117. The molecular weight excluding hydrogens is 308 g/mol. The Balaban J connectivity index is 1.84. The first-order chi connectivity index (χ1) is 11.1. The molecule has 1 heterocycles. The monoisotopic (exact) mass is 329 g/mol. The topological polar surface area (TPSA) is 65.0 Å². The van der Waals surface area contributed by atoms with E-state index >= 15 is 0 Å². The molecule has 1 fully saturated rings. The smallest absolute Gasteiger partial charge is 0.387 e. The molecule has 8 heteroatoms. The van der Waals surface area contributed by atoms with Gasteiger partial charge in [0.1, 0.15) is 5.75 Å². The Morgan fingerprint density at radius 1 is 1.22 bits per heavy atom. The highest BCUT2D eigenvalue weighted by Gasteiger charge is 2.19. The summed E-state index contributed by atoms with van der Waals surface area (Å²) in [5, 5.41) is 11.5. The molecule has 1 aromatic rings. The maximum Gasteiger partial charge on any atom is 0.387 e. The maximum absolute atomic E-state index is 12.3. The van der Waals surface area contributed by atoms with Gasteiger partial charge in [0.15, 0.2) is 0 Å². The zero-order valence-corrected chi connectivity index (χ0v) is 12.8.